The molecule has 25 nitrogen and oxygen atoms in total. The maximum atomic E-state index is 13.0. The maximum absolute atomic E-state index is 13.0. The first-order chi connectivity index (χ1) is 65.5. The molecule has 0 aromatic heterocycles. The van der Waals surface area contributed by atoms with Crippen molar-refractivity contribution in [1.82, 2.24) is 0 Å². The number of hydrogen-bond acceptors (Lipinski definition) is 29. The minimum Gasteiger partial charge on any atom is -0.299 e. The Bertz CT molecular complexity index is 7200. The Morgan fingerprint density at radius 2 is 0.703 bits per heavy atom. The Morgan fingerprint density at radius 1 is 0.399 bits per heavy atom. The van der Waals surface area contributed by atoms with Crippen molar-refractivity contribution in [2.75, 3.05) is 17.3 Å². The molecule has 0 saturated heterocycles. The first-order valence-electron chi connectivity index (χ1n) is 43.0. The summed E-state index contributed by atoms with van der Waals surface area (Å²) in [4.78, 5) is 15.7. The van der Waals surface area contributed by atoms with Gasteiger partial charge >= 0.3 is 46.6 Å². The van der Waals surface area contributed by atoms with Crippen molar-refractivity contribution in [3.63, 3.8) is 0 Å². The van der Waals surface area contributed by atoms with Crippen molar-refractivity contribution in [3.8, 4) is 30.3 Å². The molecule has 0 N–H and O–H groups in total. The first-order valence-corrected chi connectivity index (χ1v) is 54.6. The summed E-state index contributed by atoms with van der Waals surface area (Å²) in [6.07, 6.45) is 20.5. The molecule has 0 amide bonds. The van der Waals surface area contributed by atoms with Gasteiger partial charge in [-0.15, -0.1) is 0 Å². The number of sulfonamides is 1. The van der Waals surface area contributed by atoms with Crippen LogP contribution in [0.5, 0.6) is 0 Å². The second kappa shape index (κ2) is 48.5. The zero-order valence-electron chi connectivity index (χ0n) is 76.5. The molecule has 7 aromatic carbocycles. The summed E-state index contributed by atoms with van der Waals surface area (Å²) in [5.74, 6) is -0.0144. The molecular formula is C100H95F3N10O15S10. The SMILES string of the molecule is CCCCCCCCS(=O)(=O)ON=C1C=C/C(=C(/C#N)c2ccccc2C)S1.CCCS(=O)(=O)ON=C1C=C/C(=C(/C#N)c2ccccc2C)S1.Cc1ccc(S(=O)(=O)ON=C2C=C/C(=C(/C#N)c3ccccc3C)S2)cc1.Cc1ccccc1/C(C#N)=C1\C=CC(=NOS(=O)(=O)c2ccc(C(F)(F)F)cc2)S1.Cc1ccccc1/C(C#N)=C1\C=CC(=NS(=O)(=O)CC23CCC(CC2=O)C3(C)C)S1. The topological polar surface area (TPSA) is 405 Å². The maximum Gasteiger partial charge on any atom is 0.416 e. The number of oxime groups is 4. The predicted molar refractivity (Wildman–Crippen MR) is 544 cm³/mol. The fraction of sp³-hybridized carbons (Fsp3) is 0.270. The number of Topliss-reactive ketones (excluding diaryl/α,β-unsaturated/α-hetero) is 1. The van der Waals surface area contributed by atoms with Crippen LogP contribution in [-0.4, -0.2) is 90.3 Å². The van der Waals surface area contributed by atoms with Gasteiger partial charge in [-0.3, -0.25) is 21.9 Å². The molecule has 5 heterocycles. The minimum atomic E-state index is -4.58. The van der Waals surface area contributed by atoms with E-state index in [9.17, 15) is 86.4 Å². The molecule has 2 fully saturated rings. The number of carbonyl (C=O) groups excluding carboxylic acids is 1. The van der Waals surface area contributed by atoms with E-state index in [1.165, 1.54) is 71.7 Å². The van der Waals surface area contributed by atoms with E-state index in [0.717, 1.165) is 127 Å². The molecule has 0 spiro atoms. The second-order valence-electron chi connectivity index (χ2n) is 32.4. The van der Waals surface area contributed by atoms with Gasteiger partial charge in [0, 0.05) is 30.9 Å². The molecule has 2 bridgehead atoms. The number of alkyl halides is 3. The molecule has 2 aliphatic carbocycles. The number of fused-ring (bicyclic) bond motifs is 2. The highest BCUT2D eigenvalue weighted by Gasteiger charge is 2.65. The zero-order valence-corrected chi connectivity index (χ0v) is 84.7. The number of ketones is 1. The van der Waals surface area contributed by atoms with Gasteiger partial charge in [-0.05, 0) is 231 Å². The Labute approximate surface area is 825 Å². The molecule has 7 aromatic rings. The lowest BCUT2D eigenvalue weighted by molar-refractivity contribution is -0.137. The highest BCUT2D eigenvalue weighted by molar-refractivity contribution is 8.19. The van der Waals surface area contributed by atoms with E-state index in [2.05, 4.69) is 70.9 Å². The molecule has 7 aliphatic rings. The third-order valence-corrected chi connectivity index (χ3v) is 33.4. The summed E-state index contributed by atoms with van der Waals surface area (Å²) in [6, 6.07) is 58.0. The lowest BCUT2D eigenvalue weighted by atomic mass is 9.70. The van der Waals surface area contributed by atoms with Gasteiger partial charge in [0.25, 0.3) is 10.0 Å². The number of hydrogen-bond donors (Lipinski definition) is 0. The molecular weight excluding hydrogens is 1960 g/mol. The number of unbranched alkanes of at least 4 members (excludes halogenated alkanes) is 5. The van der Waals surface area contributed by atoms with E-state index < -0.39 is 72.5 Å². The van der Waals surface area contributed by atoms with Crippen LogP contribution in [0.3, 0.4) is 0 Å². The van der Waals surface area contributed by atoms with Crippen LogP contribution in [0.1, 0.15) is 159 Å². The average molecular weight is 2050 g/mol. The third kappa shape index (κ3) is 28.8. The summed E-state index contributed by atoms with van der Waals surface area (Å²) in [5.41, 5.74) is 10.3. The Balaban J connectivity index is 0.000000178. The first kappa shape index (κ1) is 108. The van der Waals surface area contributed by atoms with Crippen LogP contribution in [0.4, 0.5) is 13.2 Å². The van der Waals surface area contributed by atoms with Crippen LogP contribution in [0.25, 0.3) is 27.9 Å². The number of thioether (sulfide) groups is 5. The number of allylic oxidation sites excluding steroid dienone is 10. The molecule has 14 rings (SSSR count). The van der Waals surface area contributed by atoms with Crippen LogP contribution in [0.15, 0.2) is 290 Å². The number of aryl methyl sites for hydroxylation is 6. The number of halogens is 3. The Hall–Kier alpha value is -12.1. The zero-order chi connectivity index (χ0) is 100. The van der Waals surface area contributed by atoms with Gasteiger partial charge < -0.3 is 0 Å². The van der Waals surface area contributed by atoms with E-state index in [1.807, 2.05) is 165 Å². The Kier molecular flexibility index (Phi) is 37.9. The van der Waals surface area contributed by atoms with Gasteiger partial charge in [-0.2, -0.15) is 77.5 Å². The minimum absolute atomic E-state index is 0.0281. The highest BCUT2D eigenvalue weighted by Crippen LogP contribution is 2.64. The van der Waals surface area contributed by atoms with Crippen LogP contribution in [0.2, 0.25) is 0 Å². The van der Waals surface area contributed by atoms with Crippen LogP contribution in [0, 0.1) is 115 Å². The van der Waals surface area contributed by atoms with Crippen molar-refractivity contribution < 1.29 is 77.2 Å². The number of carbonyl (C=O) groups is 1. The van der Waals surface area contributed by atoms with Gasteiger partial charge in [0.2, 0.25) is 0 Å². The van der Waals surface area contributed by atoms with Crippen molar-refractivity contribution in [3.05, 3.63) is 322 Å². The monoisotopic (exact) mass is 2050 g/mol. The van der Waals surface area contributed by atoms with Crippen molar-refractivity contribution in [2.45, 2.75) is 149 Å². The molecule has 2 atom stereocenters. The average Bonchev–Trinajstić information content (AvgIpc) is 1.54. The summed E-state index contributed by atoms with van der Waals surface area (Å²) in [7, 11) is -19.5. The molecule has 2 saturated carbocycles. The van der Waals surface area contributed by atoms with E-state index in [1.54, 1.807) is 85.9 Å². The van der Waals surface area contributed by atoms with Crippen molar-refractivity contribution >= 4 is 168 Å². The summed E-state index contributed by atoms with van der Waals surface area (Å²) < 4.78 is 182. The molecule has 716 valence electrons. The van der Waals surface area contributed by atoms with E-state index >= 15 is 0 Å². The summed E-state index contributed by atoms with van der Waals surface area (Å²) >= 11 is 5.86. The number of benzene rings is 7. The smallest absolute Gasteiger partial charge is 0.299 e. The fourth-order valence-electron chi connectivity index (χ4n) is 15.0. The van der Waals surface area contributed by atoms with E-state index in [0.29, 0.717) is 101 Å². The number of rotatable bonds is 27. The summed E-state index contributed by atoms with van der Waals surface area (Å²) in [6.45, 7) is 19.4. The molecule has 5 aliphatic heterocycles. The number of nitrogens with zero attached hydrogens (tertiary/aromatic N) is 10. The largest absolute Gasteiger partial charge is 0.416 e. The van der Waals surface area contributed by atoms with Gasteiger partial charge in [0.05, 0.1) is 56.1 Å². The normalized spacial score (nSPS) is 20.0. The molecule has 0 radical (unpaired) electrons. The Morgan fingerprint density at radius 3 is 1.01 bits per heavy atom. The predicted octanol–water partition coefficient (Wildman–Crippen LogP) is 23.6. The molecule has 138 heavy (non-hydrogen) atoms. The van der Waals surface area contributed by atoms with Gasteiger partial charge in [0.15, 0.2) is 0 Å². The van der Waals surface area contributed by atoms with Gasteiger partial charge in [0.1, 0.15) is 71.1 Å². The summed E-state index contributed by atoms with van der Waals surface area (Å²) in [5, 5.41) is 64.2. The van der Waals surface area contributed by atoms with Crippen molar-refractivity contribution in [1.29, 1.82) is 26.3 Å². The van der Waals surface area contributed by atoms with Crippen LogP contribution < -0.4 is 0 Å². The highest BCUT2D eigenvalue weighted by atomic mass is 32.2. The van der Waals surface area contributed by atoms with Crippen molar-refractivity contribution in [2.24, 2.45) is 41.8 Å². The van der Waals surface area contributed by atoms with Crippen LogP contribution in [-0.2, 0) is 78.6 Å². The second-order valence-corrected chi connectivity index (χ2v) is 45.7. The number of nitriles is 5. The van der Waals surface area contributed by atoms with E-state index in [-0.39, 0.29) is 44.3 Å². The fourth-order valence-corrected chi connectivity index (χ4v) is 24.5. The van der Waals surface area contributed by atoms with Gasteiger partial charge in [-0.25, -0.2) is 8.42 Å². The van der Waals surface area contributed by atoms with Gasteiger partial charge in [-0.1, -0.05) is 278 Å². The standard InChI is InChI=1S/C23H24N2O3S2.C21H26N2O3S2.C20H13F3N2O3S2.C20H16N2O3S2.C16H16N2O3S2/c1-15-6-4-5-7-17(15)18(13-24)19-8-9-21(29-19)25-30(27,28)14-23-11-10-16(12-20(23)26)22(23,2)3;1-3-4-5-6-7-10-15-28(24,25)26-23-21-14-13-20(27-21)19(16-22)18-12-9-8-11-17(18)2;1-13-4-2-3-5-16(13)17(12-24)18-10-11-19(29-18)25-28-30(26,27)15-8-6-14(7-9-15)20(21,22)23;1-14-7-9-16(10-8-14)27(23,24)25-22-20-12-11-19(26-20)18(13-21)17-6-4-3-5-15(17)2;1-3-10-23(19,20)21-18-16-9-8-15(22-16)14(11-17)13-7-5-4-6-12(13)2/h4-9,16H,10-12,14H2,1-3H3;8-9,11-14H,3-7,10,15H2,1-2H3;2-11H,1H3;3-12H,1-2H3;4-9H,3,10H2,1-2H3/b19-18+,25-21?;20-19+,23-21?;18-17+,25-19?;19-18+,22-20?;15-14+,18-16?. The molecule has 2 unspecified atom stereocenters. The molecule has 38 heteroatoms. The van der Waals surface area contributed by atoms with Crippen LogP contribution >= 0.6 is 58.8 Å². The lowest BCUT2D eigenvalue weighted by Gasteiger charge is -2.35. The van der Waals surface area contributed by atoms with E-state index in [4.69, 9.17) is 8.57 Å². The third-order valence-electron chi connectivity index (χ3n) is 22.5. The quantitative estimate of drug-likeness (QED) is 0.0262. The lowest BCUT2D eigenvalue weighted by Crippen LogP contribution is -2.41.